The summed E-state index contributed by atoms with van der Waals surface area (Å²) in [7, 11) is 0. The molecule has 1 heterocycles. The van der Waals surface area contributed by atoms with Crippen LogP contribution in [0.2, 0.25) is 0 Å². The molecule has 1 aromatic heterocycles. The first-order chi connectivity index (χ1) is 7.25. The lowest BCUT2D eigenvalue weighted by Gasteiger charge is -2.05. The Morgan fingerprint density at radius 1 is 1.53 bits per heavy atom. The van der Waals surface area contributed by atoms with Crippen molar-refractivity contribution < 1.29 is 4.79 Å². The van der Waals surface area contributed by atoms with Crippen molar-refractivity contribution in [3.8, 4) is 0 Å². The third-order valence-corrected chi connectivity index (χ3v) is 2.63. The number of hydrogen-bond donors (Lipinski definition) is 1. The molecule has 0 bridgehead atoms. The molecule has 0 spiro atoms. The molecule has 0 saturated heterocycles. The molecule has 0 saturated carbocycles. The van der Waals surface area contributed by atoms with Crippen LogP contribution in [0.1, 0.15) is 28.9 Å². The first-order valence-electron chi connectivity index (χ1n) is 5.01. The minimum Gasteiger partial charge on any atom is -0.351 e. The van der Waals surface area contributed by atoms with E-state index in [1.807, 2.05) is 19.1 Å². The number of halogens is 1. The molecule has 1 aromatic rings. The van der Waals surface area contributed by atoms with Crippen LogP contribution in [-0.4, -0.2) is 22.8 Å². The van der Waals surface area contributed by atoms with E-state index in [2.05, 4.69) is 26.2 Å². The summed E-state index contributed by atoms with van der Waals surface area (Å²) in [5.41, 5.74) is 1.44. The summed E-state index contributed by atoms with van der Waals surface area (Å²) < 4.78 is 0. The van der Waals surface area contributed by atoms with Crippen molar-refractivity contribution in [1.82, 2.24) is 10.3 Å². The highest BCUT2D eigenvalue weighted by molar-refractivity contribution is 9.09. The molecule has 0 aliphatic heterocycles. The number of aromatic nitrogens is 1. The molecule has 4 heteroatoms. The molecule has 0 aliphatic rings. The van der Waals surface area contributed by atoms with Crippen LogP contribution >= 0.6 is 15.9 Å². The smallest absolute Gasteiger partial charge is 0.270 e. The number of unbranched alkanes of at least 4 members (excludes halogenated alkanes) is 1. The number of nitrogens with zero attached hydrogens (tertiary/aromatic N) is 1. The Labute approximate surface area is 98.4 Å². The molecule has 1 rings (SSSR count). The van der Waals surface area contributed by atoms with Gasteiger partial charge in [-0.1, -0.05) is 22.0 Å². The van der Waals surface area contributed by atoms with E-state index in [9.17, 15) is 4.79 Å². The van der Waals surface area contributed by atoms with Crippen LogP contribution in [0.15, 0.2) is 18.3 Å². The lowest BCUT2D eigenvalue weighted by atomic mass is 10.2. The molecule has 1 amide bonds. The topological polar surface area (TPSA) is 42.0 Å². The number of carbonyl (C=O) groups is 1. The minimum atomic E-state index is -0.0809. The molecule has 82 valence electrons. The molecular formula is C11H15BrN2O. The second kappa shape index (κ2) is 6.56. The largest absolute Gasteiger partial charge is 0.351 e. The van der Waals surface area contributed by atoms with Crippen LogP contribution < -0.4 is 5.32 Å². The maximum atomic E-state index is 11.6. The summed E-state index contributed by atoms with van der Waals surface area (Å²) in [6.45, 7) is 2.60. The van der Waals surface area contributed by atoms with Gasteiger partial charge in [-0.2, -0.15) is 0 Å². The van der Waals surface area contributed by atoms with Crippen LogP contribution in [0.25, 0.3) is 0 Å². The number of hydrogen-bond acceptors (Lipinski definition) is 2. The number of carbonyl (C=O) groups excluding carboxylic acids is 1. The molecule has 0 atom stereocenters. The third kappa shape index (κ3) is 4.00. The van der Waals surface area contributed by atoms with E-state index in [4.69, 9.17) is 0 Å². The van der Waals surface area contributed by atoms with Crippen molar-refractivity contribution in [2.24, 2.45) is 0 Å². The van der Waals surface area contributed by atoms with E-state index in [-0.39, 0.29) is 5.91 Å². The average Bonchev–Trinajstić information content (AvgIpc) is 2.25. The summed E-state index contributed by atoms with van der Waals surface area (Å²) in [5.74, 6) is -0.0809. The molecule has 1 N–H and O–H groups in total. The van der Waals surface area contributed by atoms with Gasteiger partial charge in [0.15, 0.2) is 0 Å². The van der Waals surface area contributed by atoms with Gasteiger partial charge in [-0.05, 0) is 31.4 Å². The number of alkyl halides is 1. The predicted octanol–water partition coefficient (Wildman–Crippen LogP) is 2.29. The minimum absolute atomic E-state index is 0.0809. The monoisotopic (exact) mass is 270 g/mol. The lowest BCUT2D eigenvalue weighted by Crippen LogP contribution is -2.26. The summed E-state index contributed by atoms with van der Waals surface area (Å²) in [6, 6.07) is 3.72. The predicted molar refractivity (Wildman–Crippen MR) is 64.3 cm³/mol. The van der Waals surface area contributed by atoms with Gasteiger partial charge in [0.2, 0.25) is 0 Å². The van der Waals surface area contributed by atoms with Crippen molar-refractivity contribution in [1.29, 1.82) is 0 Å². The van der Waals surface area contributed by atoms with E-state index in [1.54, 1.807) is 6.20 Å². The van der Waals surface area contributed by atoms with E-state index in [0.29, 0.717) is 12.2 Å². The van der Waals surface area contributed by atoms with Gasteiger partial charge < -0.3 is 5.32 Å². The molecule has 3 nitrogen and oxygen atoms in total. The number of aryl methyl sites for hydroxylation is 1. The molecular weight excluding hydrogens is 256 g/mol. The molecule has 0 fully saturated rings. The fraction of sp³-hybridized carbons (Fsp3) is 0.455. The highest BCUT2D eigenvalue weighted by Gasteiger charge is 2.08. The molecule has 0 unspecified atom stereocenters. The Morgan fingerprint density at radius 3 is 3.00 bits per heavy atom. The standard InChI is InChI=1S/C11H15BrN2O/c1-9-5-4-8-13-10(9)11(15)14-7-3-2-6-12/h4-5,8H,2-3,6-7H2,1H3,(H,14,15). The Hall–Kier alpha value is -0.900. The van der Waals surface area contributed by atoms with Gasteiger partial charge >= 0.3 is 0 Å². The van der Waals surface area contributed by atoms with Crippen LogP contribution in [-0.2, 0) is 0 Å². The van der Waals surface area contributed by atoms with Gasteiger partial charge in [0.05, 0.1) is 0 Å². The Bertz CT molecular complexity index is 328. The van der Waals surface area contributed by atoms with Gasteiger partial charge in [-0.25, -0.2) is 0 Å². The molecule has 0 aromatic carbocycles. The van der Waals surface area contributed by atoms with Crippen LogP contribution in [0.3, 0.4) is 0 Å². The fourth-order valence-electron chi connectivity index (χ4n) is 1.23. The van der Waals surface area contributed by atoms with Crippen LogP contribution in [0.5, 0.6) is 0 Å². The zero-order valence-corrected chi connectivity index (χ0v) is 10.4. The maximum Gasteiger partial charge on any atom is 0.270 e. The van der Waals surface area contributed by atoms with E-state index < -0.39 is 0 Å². The number of rotatable bonds is 5. The first kappa shape index (κ1) is 12.2. The van der Waals surface area contributed by atoms with Gasteiger partial charge in [0.1, 0.15) is 5.69 Å². The van der Waals surface area contributed by atoms with E-state index in [1.165, 1.54) is 0 Å². The Morgan fingerprint density at radius 2 is 2.33 bits per heavy atom. The summed E-state index contributed by atoms with van der Waals surface area (Å²) in [4.78, 5) is 15.7. The van der Waals surface area contributed by atoms with E-state index >= 15 is 0 Å². The van der Waals surface area contributed by atoms with Gasteiger partial charge in [0.25, 0.3) is 5.91 Å². The van der Waals surface area contributed by atoms with Gasteiger partial charge in [-0.3, -0.25) is 9.78 Å². The van der Waals surface area contributed by atoms with Gasteiger partial charge in [-0.15, -0.1) is 0 Å². The second-order valence-corrected chi connectivity index (χ2v) is 4.11. The Balaban J connectivity index is 2.44. The quantitative estimate of drug-likeness (QED) is 0.659. The van der Waals surface area contributed by atoms with E-state index in [0.717, 1.165) is 23.7 Å². The van der Waals surface area contributed by atoms with Crippen molar-refractivity contribution in [2.45, 2.75) is 19.8 Å². The lowest BCUT2D eigenvalue weighted by molar-refractivity contribution is 0.0947. The zero-order valence-electron chi connectivity index (χ0n) is 8.79. The molecule has 15 heavy (non-hydrogen) atoms. The summed E-state index contributed by atoms with van der Waals surface area (Å²) in [5, 5.41) is 3.83. The van der Waals surface area contributed by atoms with Gasteiger partial charge in [0, 0.05) is 18.1 Å². The summed E-state index contributed by atoms with van der Waals surface area (Å²) in [6.07, 6.45) is 3.70. The second-order valence-electron chi connectivity index (χ2n) is 3.32. The van der Waals surface area contributed by atoms with Crippen molar-refractivity contribution in [2.75, 3.05) is 11.9 Å². The number of nitrogens with one attached hydrogen (secondary N) is 1. The van der Waals surface area contributed by atoms with Crippen molar-refractivity contribution in [3.63, 3.8) is 0 Å². The SMILES string of the molecule is Cc1cccnc1C(=O)NCCCCBr. The van der Waals surface area contributed by atoms with Crippen molar-refractivity contribution >= 4 is 21.8 Å². The summed E-state index contributed by atoms with van der Waals surface area (Å²) >= 11 is 3.35. The van der Waals surface area contributed by atoms with Crippen LogP contribution in [0, 0.1) is 6.92 Å². The third-order valence-electron chi connectivity index (χ3n) is 2.07. The number of amides is 1. The normalized spacial score (nSPS) is 10.0. The fourth-order valence-corrected chi connectivity index (χ4v) is 1.63. The average molecular weight is 271 g/mol. The van der Waals surface area contributed by atoms with Crippen molar-refractivity contribution in [3.05, 3.63) is 29.6 Å². The first-order valence-corrected chi connectivity index (χ1v) is 6.13. The van der Waals surface area contributed by atoms with Crippen LogP contribution in [0.4, 0.5) is 0 Å². The number of pyridine rings is 1. The maximum absolute atomic E-state index is 11.6. The molecule has 0 radical (unpaired) electrons. The highest BCUT2D eigenvalue weighted by Crippen LogP contribution is 2.02. The Kier molecular flexibility index (Phi) is 5.32. The molecule has 0 aliphatic carbocycles. The zero-order chi connectivity index (χ0) is 11.1. The highest BCUT2D eigenvalue weighted by atomic mass is 79.9.